The number of hydrogen-bond acceptors (Lipinski definition) is 3. The van der Waals surface area contributed by atoms with Crippen LogP contribution in [0.1, 0.15) is 30.7 Å². The highest BCUT2D eigenvalue weighted by Crippen LogP contribution is 2.27. The number of alkyl halides is 3. The van der Waals surface area contributed by atoms with Crippen LogP contribution in [0, 0.1) is 0 Å². The van der Waals surface area contributed by atoms with Gasteiger partial charge in [-0.05, 0) is 25.0 Å². The van der Waals surface area contributed by atoms with Crippen LogP contribution in [0.4, 0.5) is 18.0 Å². The van der Waals surface area contributed by atoms with Gasteiger partial charge in [0.1, 0.15) is 5.69 Å². The summed E-state index contributed by atoms with van der Waals surface area (Å²) in [6.07, 6.45) is -2.48. The molecule has 126 valence electrons. The predicted molar refractivity (Wildman–Crippen MR) is 75.3 cm³/mol. The summed E-state index contributed by atoms with van der Waals surface area (Å²) in [5, 5.41) is 7.76. The van der Waals surface area contributed by atoms with Crippen molar-refractivity contribution in [2.75, 3.05) is 6.54 Å². The number of halogens is 3. The summed E-state index contributed by atoms with van der Waals surface area (Å²) in [6, 6.07) is 2.87. The van der Waals surface area contributed by atoms with E-state index in [-0.39, 0.29) is 30.7 Å². The fourth-order valence-electron chi connectivity index (χ4n) is 2.22. The first kappa shape index (κ1) is 17.0. The van der Waals surface area contributed by atoms with Gasteiger partial charge in [-0.25, -0.2) is 9.78 Å². The van der Waals surface area contributed by atoms with E-state index < -0.39 is 17.9 Å². The van der Waals surface area contributed by atoms with Crippen LogP contribution in [0.25, 0.3) is 0 Å². The highest BCUT2D eigenvalue weighted by molar-refractivity contribution is 5.77. The van der Waals surface area contributed by atoms with Crippen LogP contribution in [0.5, 0.6) is 0 Å². The van der Waals surface area contributed by atoms with Crippen molar-refractivity contribution in [2.45, 2.75) is 38.0 Å². The Morgan fingerprint density at radius 2 is 2.13 bits per heavy atom. The Balaban J connectivity index is 1.77. The Hall–Kier alpha value is -2.32. The van der Waals surface area contributed by atoms with E-state index >= 15 is 0 Å². The molecular formula is C14H17F3N4O2. The first-order valence-corrected chi connectivity index (χ1v) is 7.19. The van der Waals surface area contributed by atoms with Gasteiger partial charge in [-0.1, -0.05) is 6.07 Å². The van der Waals surface area contributed by atoms with Crippen LogP contribution in [0.3, 0.4) is 0 Å². The number of piperidine rings is 1. The molecule has 0 spiro atoms. The smallest absolute Gasteiger partial charge is 0.352 e. The number of aromatic nitrogens is 1. The van der Waals surface area contributed by atoms with E-state index in [9.17, 15) is 22.8 Å². The second-order valence-electron chi connectivity index (χ2n) is 5.23. The van der Waals surface area contributed by atoms with Crippen molar-refractivity contribution in [3.63, 3.8) is 0 Å². The molecule has 1 aliphatic heterocycles. The van der Waals surface area contributed by atoms with Crippen LogP contribution >= 0.6 is 0 Å². The summed E-state index contributed by atoms with van der Waals surface area (Å²) in [4.78, 5) is 26.3. The minimum absolute atomic E-state index is 0.0448. The number of pyridine rings is 1. The third-order valence-electron chi connectivity index (χ3n) is 3.36. The second-order valence-corrected chi connectivity index (χ2v) is 5.23. The molecular weight excluding hydrogens is 313 g/mol. The molecule has 1 fully saturated rings. The third-order valence-corrected chi connectivity index (χ3v) is 3.36. The minimum atomic E-state index is -4.52. The number of nitrogens with one attached hydrogen (secondary N) is 3. The van der Waals surface area contributed by atoms with Gasteiger partial charge >= 0.3 is 12.2 Å². The zero-order valence-corrected chi connectivity index (χ0v) is 12.2. The zero-order chi connectivity index (χ0) is 16.9. The molecule has 9 heteroatoms. The van der Waals surface area contributed by atoms with E-state index in [2.05, 4.69) is 20.9 Å². The van der Waals surface area contributed by atoms with Gasteiger partial charge in [-0.2, -0.15) is 13.2 Å². The fraction of sp³-hybridized carbons (Fsp3) is 0.500. The van der Waals surface area contributed by atoms with E-state index in [1.807, 2.05) is 0 Å². The number of rotatable bonds is 4. The molecule has 1 atom stereocenters. The summed E-state index contributed by atoms with van der Waals surface area (Å²) >= 11 is 0. The van der Waals surface area contributed by atoms with Gasteiger partial charge in [0.15, 0.2) is 0 Å². The first-order chi connectivity index (χ1) is 10.8. The van der Waals surface area contributed by atoms with Crippen molar-refractivity contribution in [3.8, 4) is 0 Å². The van der Waals surface area contributed by atoms with Crippen LogP contribution in [0.2, 0.25) is 0 Å². The first-order valence-electron chi connectivity index (χ1n) is 7.19. The molecule has 23 heavy (non-hydrogen) atoms. The van der Waals surface area contributed by atoms with Crippen molar-refractivity contribution in [1.82, 2.24) is 20.9 Å². The summed E-state index contributed by atoms with van der Waals surface area (Å²) in [7, 11) is 0. The Labute approximate surface area is 130 Å². The fourth-order valence-corrected chi connectivity index (χ4v) is 2.22. The van der Waals surface area contributed by atoms with Crippen molar-refractivity contribution in [3.05, 3.63) is 29.6 Å². The van der Waals surface area contributed by atoms with Crippen LogP contribution in [-0.2, 0) is 17.5 Å². The lowest BCUT2D eigenvalue weighted by molar-refractivity contribution is -0.141. The molecule has 1 aliphatic rings. The zero-order valence-electron chi connectivity index (χ0n) is 12.2. The second kappa shape index (κ2) is 7.30. The predicted octanol–water partition coefficient (Wildman–Crippen LogP) is 1.57. The molecule has 1 unspecified atom stereocenters. The number of hydrogen-bond donors (Lipinski definition) is 3. The molecule has 0 aliphatic carbocycles. The standard InChI is InChI=1S/C14H17F3N4O2/c15-14(16,17)11-5-1-3-9(20-11)7-18-13(23)19-8-10-4-2-6-12(22)21-10/h1,3,5,10H,2,4,6-8H2,(H,21,22)(H2,18,19,23). The lowest BCUT2D eigenvalue weighted by Crippen LogP contribution is -2.48. The Bertz CT molecular complexity index is 577. The number of amides is 3. The van der Waals surface area contributed by atoms with E-state index in [4.69, 9.17) is 0 Å². The highest BCUT2D eigenvalue weighted by Gasteiger charge is 2.32. The summed E-state index contributed by atoms with van der Waals surface area (Å²) in [5.74, 6) is -0.0448. The average molecular weight is 330 g/mol. The van der Waals surface area contributed by atoms with Gasteiger partial charge in [0.25, 0.3) is 0 Å². The number of nitrogens with zero attached hydrogens (tertiary/aromatic N) is 1. The average Bonchev–Trinajstić information content (AvgIpc) is 2.50. The quantitative estimate of drug-likeness (QED) is 0.784. The molecule has 6 nitrogen and oxygen atoms in total. The van der Waals surface area contributed by atoms with Crippen molar-refractivity contribution in [1.29, 1.82) is 0 Å². The van der Waals surface area contributed by atoms with E-state index in [1.165, 1.54) is 12.1 Å². The minimum Gasteiger partial charge on any atom is -0.352 e. The van der Waals surface area contributed by atoms with Gasteiger partial charge in [-0.3, -0.25) is 4.79 Å². The van der Waals surface area contributed by atoms with Crippen LogP contribution in [0.15, 0.2) is 18.2 Å². The van der Waals surface area contributed by atoms with E-state index in [0.29, 0.717) is 6.42 Å². The summed E-state index contributed by atoms with van der Waals surface area (Å²) in [6.45, 7) is 0.153. The SMILES string of the molecule is O=C1CCCC(CNC(=O)NCc2cccc(C(F)(F)F)n2)N1. The monoisotopic (exact) mass is 330 g/mol. The van der Waals surface area contributed by atoms with E-state index in [1.54, 1.807) is 0 Å². The Morgan fingerprint density at radius 3 is 2.83 bits per heavy atom. The largest absolute Gasteiger partial charge is 0.433 e. The normalized spacial score (nSPS) is 18.2. The molecule has 0 saturated carbocycles. The van der Waals surface area contributed by atoms with Crippen LogP contribution in [-0.4, -0.2) is 29.5 Å². The van der Waals surface area contributed by atoms with Gasteiger partial charge in [0.05, 0.1) is 12.2 Å². The van der Waals surface area contributed by atoms with Crippen molar-refractivity contribution in [2.24, 2.45) is 0 Å². The highest BCUT2D eigenvalue weighted by atomic mass is 19.4. The van der Waals surface area contributed by atoms with Gasteiger partial charge in [0.2, 0.25) is 5.91 Å². The molecule has 0 aromatic carbocycles. The molecule has 0 bridgehead atoms. The topological polar surface area (TPSA) is 83.1 Å². The Kier molecular flexibility index (Phi) is 5.41. The molecule has 3 amide bonds. The molecule has 0 radical (unpaired) electrons. The third kappa shape index (κ3) is 5.42. The molecule has 1 aromatic heterocycles. The maximum atomic E-state index is 12.5. The van der Waals surface area contributed by atoms with Gasteiger partial charge in [0, 0.05) is 19.0 Å². The number of urea groups is 1. The maximum absolute atomic E-state index is 12.5. The molecule has 2 rings (SSSR count). The van der Waals surface area contributed by atoms with E-state index in [0.717, 1.165) is 18.9 Å². The molecule has 3 N–H and O–H groups in total. The lowest BCUT2D eigenvalue weighted by Gasteiger charge is -2.23. The maximum Gasteiger partial charge on any atom is 0.433 e. The lowest BCUT2D eigenvalue weighted by atomic mass is 10.0. The van der Waals surface area contributed by atoms with Gasteiger partial charge in [-0.15, -0.1) is 0 Å². The summed E-state index contributed by atoms with van der Waals surface area (Å²) < 4.78 is 37.6. The molecule has 1 saturated heterocycles. The van der Waals surface area contributed by atoms with Crippen molar-refractivity contribution >= 4 is 11.9 Å². The van der Waals surface area contributed by atoms with Crippen LogP contribution < -0.4 is 16.0 Å². The summed E-state index contributed by atoms with van der Waals surface area (Å²) in [5.41, 5.74) is -0.886. The number of carbonyl (C=O) groups excluding carboxylic acids is 2. The Morgan fingerprint density at radius 1 is 1.35 bits per heavy atom. The number of carbonyl (C=O) groups is 2. The van der Waals surface area contributed by atoms with Gasteiger partial charge < -0.3 is 16.0 Å². The molecule has 2 heterocycles. The van der Waals surface area contributed by atoms with Crippen molar-refractivity contribution < 1.29 is 22.8 Å². The molecule has 1 aromatic rings.